The van der Waals surface area contributed by atoms with Gasteiger partial charge in [-0.25, -0.2) is 8.78 Å². The Kier molecular flexibility index (Phi) is 7.69. The number of guanidine groups is 1. The van der Waals surface area contributed by atoms with Crippen molar-refractivity contribution in [2.24, 2.45) is 10.9 Å². The molecule has 1 fully saturated rings. The summed E-state index contributed by atoms with van der Waals surface area (Å²) in [7, 11) is 1.60. The first-order valence-corrected chi connectivity index (χ1v) is 6.95. The maximum atomic E-state index is 12.0. The summed E-state index contributed by atoms with van der Waals surface area (Å²) in [6, 6.07) is 0. The average Bonchev–Trinajstić information content (AvgIpc) is 2.85. The minimum atomic E-state index is -2.34. The number of hydrogen-bond donors (Lipinski definition) is 2. The lowest BCUT2D eigenvalue weighted by molar-refractivity contribution is 0.152. The minimum absolute atomic E-state index is 0.345. The van der Waals surface area contributed by atoms with E-state index in [2.05, 4.69) is 15.6 Å². The van der Waals surface area contributed by atoms with Gasteiger partial charge < -0.3 is 10.6 Å². The van der Waals surface area contributed by atoms with Crippen molar-refractivity contribution < 1.29 is 8.78 Å². The van der Waals surface area contributed by atoms with Crippen LogP contribution < -0.4 is 10.6 Å². The van der Waals surface area contributed by atoms with Crippen molar-refractivity contribution in [2.45, 2.75) is 51.4 Å². The Bertz CT molecular complexity index is 238. The predicted molar refractivity (Wildman–Crippen MR) is 71.2 cm³/mol. The minimum Gasteiger partial charge on any atom is -0.356 e. The summed E-state index contributed by atoms with van der Waals surface area (Å²) < 4.78 is 24.0. The van der Waals surface area contributed by atoms with Crippen LogP contribution in [0.5, 0.6) is 0 Å². The summed E-state index contributed by atoms with van der Waals surface area (Å²) in [4.78, 5) is 3.90. The highest BCUT2D eigenvalue weighted by Crippen LogP contribution is 2.28. The smallest absolute Gasteiger partial charge is 0.255 e. The first-order chi connectivity index (χ1) is 8.72. The van der Waals surface area contributed by atoms with Crippen LogP contribution in [-0.2, 0) is 0 Å². The van der Waals surface area contributed by atoms with Gasteiger partial charge in [0.1, 0.15) is 0 Å². The highest BCUT2D eigenvalue weighted by atomic mass is 19.3. The molecule has 0 aliphatic heterocycles. The number of nitrogens with one attached hydrogen (secondary N) is 2. The number of nitrogens with zero attached hydrogens (tertiary/aromatic N) is 1. The van der Waals surface area contributed by atoms with E-state index in [1.54, 1.807) is 7.05 Å². The monoisotopic (exact) mass is 261 g/mol. The molecular formula is C13H25F2N3. The van der Waals surface area contributed by atoms with Crippen LogP contribution in [0.25, 0.3) is 0 Å². The zero-order valence-electron chi connectivity index (χ0n) is 11.2. The maximum absolute atomic E-state index is 12.0. The van der Waals surface area contributed by atoms with Gasteiger partial charge in [-0.15, -0.1) is 0 Å². The van der Waals surface area contributed by atoms with E-state index in [-0.39, 0.29) is 6.54 Å². The largest absolute Gasteiger partial charge is 0.356 e. The summed E-state index contributed by atoms with van der Waals surface area (Å²) >= 11 is 0. The van der Waals surface area contributed by atoms with Gasteiger partial charge >= 0.3 is 0 Å². The topological polar surface area (TPSA) is 36.4 Å². The quantitative estimate of drug-likeness (QED) is 0.420. The molecule has 1 aliphatic carbocycles. The van der Waals surface area contributed by atoms with E-state index >= 15 is 0 Å². The molecule has 0 amide bonds. The van der Waals surface area contributed by atoms with Gasteiger partial charge in [-0.2, -0.15) is 0 Å². The normalized spacial score (nSPS) is 17.4. The molecule has 0 saturated heterocycles. The molecule has 0 aromatic rings. The van der Waals surface area contributed by atoms with Crippen LogP contribution in [-0.4, -0.2) is 32.5 Å². The Morgan fingerprint density at radius 2 is 1.94 bits per heavy atom. The van der Waals surface area contributed by atoms with Crippen LogP contribution in [0.4, 0.5) is 8.78 Å². The van der Waals surface area contributed by atoms with Crippen molar-refractivity contribution >= 4 is 5.96 Å². The number of rotatable bonds is 7. The Labute approximate surface area is 108 Å². The summed E-state index contributed by atoms with van der Waals surface area (Å²) in [5.41, 5.74) is 0. The van der Waals surface area contributed by atoms with E-state index in [0.717, 1.165) is 18.9 Å². The molecular weight excluding hydrogens is 236 g/mol. The van der Waals surface area contributed by atoms with Crippen molar-refractivity contribution in [1.82, 2.24) is 10.6 Å². The number of unbranched alkanes of at least 4 members (excludes halogenated alkanes) is 1. The van der Waals surface area contributed by atoms with Gasteiger partial charge in [-0.1, -0.05) is 38.5 Å². The summed E-state index contributed by atoms with van der Waals surface area (Å²) in [6.45, 7) is 0.456. The van der Waals surface area contributed by atoms with E-state index < -0.39 is 6.43 Å². The van der Waals surface area contributed by atoms with Crippen LogP contribution in [0, 0.1) is 5.92 Å². The van der Waals surface area contributed by atoms with Crippen molar-refractivity contribution in [3.63, 3.8) is 0 Å². The first-order valence-electron chi connectivity index (χ1n) is 6.95. The summed E-state index contributed by atoms with van der Waals surface area (Å²) in [6.07, 6.45) is 6.84. The number of halogens is 2. The third kappa shape index (κ3) is 6.77. The molecule has 5 heteroatoms. The van der Waals surface area contributed by atoms with Crippen LogP contribution in [0.3, 0.4) is 0 Å². The number of hydrogen-bond acceptors (Lipinski definition) is 1. The second-order valence-corrected chi connectivity index (χ2v) is 4.92. The zero-order valence-corrected chi connectivity index (χ0v) is 11.2. The SMILES string of the molecule is CN=C(NCCCCC1CCCC1)NCC(F)F. The predicted octanol–water partition coefficient (Wildman–Crippen LogP) is 2.78. The molecule has 1 saturated carbocycles. The molecule has 1 rings (SSSR count). The second-order valence-electron chi connectivity index (χ2n) is 4.92. The van der Waals surface area contributed by atoms with Crippen LogP contribution in [0.2, 0.25) is 0 Å². The Hall–Kier alpha value is -0.870. The molecule has 106 valence electrons. The first kappa shape index (κ1) is 15.2. The molecule has 0 aromatic carbocycles. The summed E-state index contributed by atoms with van der Waals surface area (Å²) in [5.74, 6) is 1.40. The molecule has 3 nitrogen and oxygen atoms in total. The fourth-order valence-corrected chi connectivity index (χ4v) is 2.46. The average molecular weight is 261 g/mol. The van der Waals surface area contributed by atoms with Gasteiger partial charge in [0, 0.05) is 13.6 Å². The van der Waals surface area contributed by atoms with E-state index in [9.17, 15) is 8.78 Å². The Balaban J connectivity index is 1.97. The van der Waals surface area contributed by atoms with Gasteiger partial charge in [0.15, 0.2) is 5.96 Å². The highest BCUT2D eigenvalue weighted by molar-refractivity contribution is 5.79. The molecule has 1 aliphatic rings. The summed E-state index contributed by atoms with van der Waals surface area (Å²) in [5, 5.41) is 5.65. The standard InChI is InChI=1S/C13H25F2N3/c1-16-13(18-10-12(14)15)17-9-5-4-8-11-6-2-3-7-11/h11-12H,2-10H2,1H3,(H2,16,17,18). The molecule has 0 aromatic heterocycles. The molecule has 0 heterocycles. The van der Waals surface area contributed by atoms with E-state index in [1.807, 2.05) is 0 Å². The molecule has 0 radical (unpaired) electrons. The maximum Gasteiger partial charge on any atom is 0.255 e. The number of alkyl halides is 2. The van der Waals surface area contributed by atoms with Crippen molar-refractivity contribution in [1.29, 1.82) is 0 Å². The molecule has 0 atom stereocenters. The second kappa shape index (κ2) is 9.11. The molecule has 2 N–H and O–H groups in total. The van der Waals surface area contributed by atoms with Crippen molar-refractivity contribution in [2.75, 3.05) is 20.1 Å². The number of aliphatic imine (C=N–C) groups is 1. The van der Waals surface area contributed by atoms with Crippen molar-refractivity contribution in [3.8, 4) is 0 Å². The van der Waals surface area contributed by atoms with Crippen LogP contribution in [0.1, 0.15) is 44.9 Å². The Morgan fingerprint density at radius 3 is 2.56 bits per heavy atom. The van der Waals surface area contributed by atoms with Crippen LogP contribution in [0.15, 0.2) is 4.99 Å². The van der Waals surface area contributed by atoms with Crippen LogP contribution >= 0.6 is 0 Å². The van der Waals surface area contributed by atoms with Gasteiger partial charge in [0.05, 0.1) is 6.54 Å². The molecule has 0 bridgehead atoms. The zero-order chi connectivity index (χ0) is 13.2. The highest BCUT2D eigenvalue weighted by Gasteiger charge is 2.13. The fraction of sp³-hybridized carbons (Fsp3) is 0.923. The lowest BCUT2D eigenvalue weighted by atomic mass is 10.0. The third-order valence-electron chi connectivity index (χ3n) is 3.45. The van der Waals surface area contributed by atoms with Crippen molar-refractivity contribution in [3.05, 3.63) is 0 Å². The van der Waals surface area contributed by atoms with E-state index in [4.69, 9.17) is 0 Å². The third-order valence-corrected chi connectivity index (χ3v) is 3.45. The fourth-order valence-electron chi connectivity index (χ4n) is 2.46. The lowest BCUT2D eigenvalue weighted by Crippen LogP contribution is -2.40. The lowest BCUT2D eigenvalue weighted by Gasteiger charge is -2.12. The van der Waals surface area contributed by atoms with E-state index in [1.165, 1.54) is 38.5 Å². The van der Waals surface area contributed by atoms with Gasteiger partial charge in [-0.3, -0.25) is 4.99 Å². The van der Waals surface area contributed by atoms with E-state index in [0.29, 0.717) is 5.96 Å². The Morgan fingerprint density at radius 1 is 1.22 bits per heavy atom. The molecule has 0 spiro atoms. The molecule has 18 heavy (non-hydrogen) atoms. The van der Waals surface area contributed by atoms with Gasteiger partial charge in [0.2, 0.25) is 0 Å². The van der Waals surface area contributed by atoms with Gasteiger partial charge in [0.25, 0.3) is 6.43 Å². The molecule has 0 unspecified atom stereocenters. The van der Waals surface area contributed by atoms with Gasteiger partial charge in [-0.05, 0) is 12.3 Å².